The number of rotatable bonds is 8. The second kappa shape index (κ2) is 10.9. The van der Waals surface area contributed by atoms with Crippen molar-refractivity contribution in [2.45, 2.75) is 27.7 Å². The Morgan fingerprint density at radius 3 is 1.35 bits per heavy atom. The largest absolute Gasteiger partial charge is 0.462 e. The van der Waals surface area contributed by atoms with E-state index in [9.17, 15) is 19.2 Å². The quantitative estimate of drug-likeness (QED) is 0.394. The summed E-state index contributed by atoms with van der Waals surface area (Å²) in [5.74, 6) is -3.58. The van der Waals surface area contributed by atoms with Gasteiger partial charge < -0.3 is 18.9 Å². The van der Waals surface area contributed by atoms with Gasteiger partial charge in [-0.1, -0.05) is 22.0 Å². The maximum Gasteiger partial charge on any atom is 0.339 e. The van der Waals surface area contributed by atoms with E-state index in [1.807, 2.05) is 0 Å². The van der Waals surface area contributed by atoms with Crippen LogP contribution in [0.1, 0.15) is 69.1 Å². The Morgan fingerprint density at radius 2 is 0.968 bits per heavy atom. The Morgan fingerprint density at radius 1 is 0.613 bits per heavy atom. The maximum atomic E-state index is 13.0. The summed E-state index contributed by atoms with van der Waals surface area (Å²) >= 11 is 3.34. The predicted octanol–water partition coefficient (Wildman–Crippen LogP) is 4.31. The summed E-state index contributed by atoms with van der Waals surface area (Å²) in [6, 6.07) is 4.74. The monoisotopic (exact) mass is 494 g/mol. The topological polar surface area (TPSA) is 105 Å². The molecule has 0 amide bonds. The molecule has 0 aliphatic rings. The van der Waals surface area contributed by atoms with Crippen LogP contribution in [-0.4, -0.2) is 50.3 Å². The van der Waals surface area contributed by atoms with Crippen LogP contribution in [0.2, 0.25) is 0 Å². The highest BCUT2D eigenvalue weighted by molar-refractivity contribution is 9.10. The van der Waals surface area contributed by atoms with Gasteiger partial charge in [0.2, 0.25) is 0 Å². The highest BCUT2D eigenvalue weighted by Gasteiger charge is 2.36. The van der Waals surface area contributed by atoms with Crippen molar-refractivity contribution >= 4 is 50.6 Å². The SMILES string of the molecule is CCOC(=O)c1c(C(=O)OCC)c(C(=O)OCC)c2cc(Br)ccc2c1C(=O)OCC. The van der Waals surface area contributed by atoms with Crippen LogP contribution in [0.25, 0.3) is 10.8 Å². The molecule has 0 atom stereocenters. The molecule has 0 bridgehead atoms. The molecule has 0 N–H and O–H groups in total. The number of carbonyl (C=O) groups excluding carboxylic acids is 4. The first-order chi connectivity index (χ1) is 14.8. The van der Waals surface area contributed by atoms with Gasteiger partial charge in [-0.2, -0.15) is 0 Å². The fourth-order valence-electron chi connectivity index (χ4n) is 3.11. The Kier molecular flexibility index (Phi) is 8.56. The van der Waals surface area contributed by atoms with Crippen molar-refractivity contribution in [1.29, 1.82) is 0 Å². The molecule has 2 aromatic rings. The number of esters is 4. The van der Waals surface area contributed by atoms with E-state index in [4.69, 9.17) is 18.9 Å². The van der Waals surface area contributed by atoms with Crippen molar-refractivity contribution in [3.8, 4) is 0 Å². The van der Waals surface area contributed by atoms with Crippen molar-refractivity contribution in [3.63, 3.8) is 0 Å². The van der Waals surface area contributed by atoms with Crippen LogP contribution in [0.3, 0.4) is 0 Å². The molecule has 0 radical (unpaired) electrons. The van der Waals surface area contributed by atoms with Crippen LogP contribution in [-0.2, 0) is 18.9 Å². The molecule has 0 aliphatic heterocycles. The summed E-state index contributed by atoms with van der Waals surface area (Å²) in [5.41, 5.74) is -1.16. The number of benzene rings is 2. The Balaban J connectivity index is 3.15. The fourth-order valence-corrected chi connectivity index (χ4v) is 3.47. The lowest BCUT2D eigenvalue weighted by Gasteiger charge is -2.19. The smallest absolute Gasteiger partial charge is 0.339 e. The lowest BCUT2D eigenvalue weighted by atomic mass is 9.88. The van der Waals surface area contributed by atoms with Gasteiger partial charge >= 0.3 is 23.9 Å². The van der Waals surface area contributed by atoms with Crippen molar-refractivity contribution < 1.29 is 38.1 Å². The van der Waals surface area contributed by atoms with Crippen LogP contribution in [0.5, 0.6) is 0 Å². The summed E-state index contributed by atoms with van der Waals surface area (Å²) in [4.78, 5) is 51.7. The number of fused-ring (bicyclic) bond motifs is 1. The van der Waals surface area contributed by atoms with Gasteiger partial charge in [0, 0.05) is 4.47 Å². The number of halogens is 1. The second-order valence-electron chi connectivity index (χ2n) is 6.07. The Bertz CT molecular complexity index is 1030. The number of ether oxygens (including phenoxy) is 4. The first-order valence-electron chi connectivity index (χ1n) is 9.79. The van der Waals surface area contributed by atoms with Crippen LogP contribution in [0, 0.1) is 0 Å². The number of carbonyl (C=O) groups is 4. The minimum atomic E-state index is -0.957. The maximum absolute atomic E-state index is 13.0. The molecule has 0 spiro atoms. The van der Waals surface area contributed by atoms with E-state index in [-0.39, 0.29) is 48.3 Å². The minimum absolute atomic E-state index is 0.0174. The third-order valence-electron chi connectivity index (χ3n) is 4.19. The van der Waals surface area contributed by atoms with E-state index >= 15 is 0 Å². The minimum Gasteiger partial charge on any atom is -0.462 e. The molecule has 0 heterocycles. The van der Waals surface area contributed by atoms with E-state index in [2.05, 4.69) is 15.9 Å². The van der Waals surface area contributed by atoms with Crippen LogP contribution < -0.4 is 0 Å². The molecule has 0 aliphatic carbocycles. The third-order valence-corrected chi connectivity index (χ3v) is 4.68. The predicted molar refractivity (Wildman–Crippen MR) is 115 cm³/mol. The van der Waals surface area contributed by atoms with Gasteiger partial charge in [-0.05, 0) is 50.6 Å². The van der Waals surface area contributed by atoms with E-state index in [0.717, 1.165) is 0 Å². The standard InChI is InChI=1S/C22H23BrO8/c1-5-28-19(24)15-13-10-9-12(23)11-14(13)16(20(25)29-6-2)18(22(27)31-8-4)17(15)21(26)30-7-3/h9-11H,5-8H2,1-4H3. The number of hydrogen-bond donors (Lipinski definition) is 0. The number of hydrogen-bond acceptors (Lipinski definition) is 8. The fraction of sp³-hybridized carbons (Fsp3) is 0.364. The van der Waals surface area contributed by atoms with Crippen LogP contribution in [0.15, 0.2) is 22.7 Å². The van der Waals surface area contributed by atoms with E-state index < -0.39 is 35.0 Å². The first kappa shape index (κ1) is 24.3. The lowest BCUT2D eigenvalue weighted by Crippen LogP contribution is -2.24. The average Bonchev–Trinajstić information content (AvgIpc) is 2.72. The first-order valence-corrected chi connectivity index (χ1v) is 10.6. The highest BCUT2D eigenvalue weighted by atomic mass is 79.9. The molecular formula is C22H23BrO8. The summed E-state index contributed by atoms with van der Waals surface area (Å²) in [7, 11) is 0. The molecular weight excluding hydrogens is 472 g/mol. The summed E-state index contributed by atoms with van der Waals surface area (Å²) < 4.78 is 21.1. The second-order valence-corrected chi connectivity index (χ2v) is 6.99. The van der Waals surface area contributed by atoms with Crippen molar-refractivity contribution in [3.05, 3.63) is 44.9 Å². The van der Waals surface area contributed by atoms with Gasteiger partial charge in [0.15, 0.2) is 0 Å². The van der Waals surface area contributed by atoms with Gasteiger partial charge in [-0.3, -0.25) is 0 Å². The average molecular weight is 495 g/mol. The van der Waals surface area contributed by atoms with Gasteiger partial charge in [0.1, 0.15) is 0 Å². The molecule has 8 nitrogen and oxygen atoms in total. The molecule has 0 saturated heterocycles. The van der Waals surface area contributed by atoms with E-state index in [1.54, 1.807) is 45.9 Å². The van der Waals surface area contributed by atoms with E-state index in [1.165, 1.54) is 0 Å². The lowest BCUT2D eigenvalue weighted by molar-refractivity contribution is 0.0446. The van der Waals surface area contributed by atoms with Gasteiger partial charge in [0.05, 0.1) is 48.7 Å². The molecule has 9 heteroatoms. The Hall–Kier alpha value is -2.94. The van der Waals surface area contributed by atoms with Crippen molar-refractivity contribution in [1.82, 2.24) is 0 Å². The van der Waals surface area contributed by atoms with Crippen molar-refractivity contribution in [2.75, 3.05) is 26.4 Å². The van der Waals surface area contributed by atoms with Crippen LogP contribution in [0.4, 0.5) is 0 Å². The molecule has 0 fully saturated rings. The van der Waals surface area contributed by atoms with Gasteiger partial charge in [-0.25, -0.2) is 19.2 Å². The van der Waals surface area contributed by atoms with Gasteiger partial charge in [-0.15, -0.1) is 0 Å². The van der Waals surface area contributed by atoms with Crippen LogP contribution >= 0.6 is 15.9 Å². The Labute approximate surface area is 187 Å². The van der Waals surface area contributed by atoms with Gasteiger partial charge in [0.25, 0.3) is 0 Å². The zero-order chi connectivity index (χ0) is 23.1. The molecule has 2 rings (SSSR count). The zero-order valence-corrected chi connectivity index (χ0v) is 19.3. The molecule has 0 unspecified atom stereocenters. The molecule has 0 saturated carbocycles. The zero-order valence-electron chi connectivity index (χ0n) is 17.7. The highest BCUT2D eigenvalue weighted by Crippen LogP contribution is 2.35. The molecule has 0 aromatic heterocycles. The molecule has 166 valence electrons. The molecule has 31 heavy (non-hydrogen) atoms. The van der Waals surface area contributed by atoms with Crippen molar-refractivity contribution in [2.24, 2.45) is 0 Å². The summed E-state index contributed by atoms with van der Waals surface area (Å²) in [5, 5.41) is 0.466. The van der Waals surface area contributed by atoms with E-state index in [0.29, 0.717) is 4.47 Å². The summed E-state index contributed by atoms with van der Waals surface area (Å²) in [6.45, 7) is 6.41. The summed E-state index contributed by atoms with van der Waals surface area (Å²) in [6.07, 6.45) is 0. The molecule has 2 aromatic carbocycles. The normalized spacial score (nSPS) is 10.5. The third kappa shape index (κ3) is 5.04.